The predicted octanol–water partition coefficient (Wildman–Crippen LogP) is 3.45. The van der Waals surface area contributed by atoms with Crippen LogP contribution in [0.2, 0.25) is 5.02 Å². The van der Waals surface area contributed by atoms with E-state index < -0.39 is 0 Å². The van der Waals surface area contributed by atoms with E-state index in [4.69, 9.17) is 11.6 Å². The Kier molecular flexibility index (Phi) is 4.03. The maximum atomic E-state index is 6.22. The van der Waals surface area contributed by atoms with Gasteiger partial charge in [-0.2, -0.15) is 0 Å². The quantitative estimate of drug-likeness (QED) is 0.629. The van der Waals surface area contributed by atoms with Crippen LogP contribution in [0.25, 0.3) is 10.8 Å². The molecule has 2 heteroatoms. The molecule has 0 aliphatic heterocycles. The molecule has 86 valence electrons. The Morgan fingerprint density at radius 2 is 1.94 bits per heavy atom. The van der Waals surface area contributed by atoms with Gasteiger partial charge in [0.2, 0.25) is 0 Å². The van der Waals surface area contributed by atoms with Crippen molar-refractivity contribution in [3.63, 3.8) is 0 Å². The first-order valence-electron chi connectivity index (χ1n) is 5.63. The summed E-state index contributed by atoms with van der Waals surface area (Å²) >= 11 is 6.22. The van der Waals surface area contributed by atoms with Crippen LogP contribution in [0.5, 0.6) is 0 Å². The first-order chi connectivity index (χ1) is 8.33. The smallest absolute Gasteiger partial charge is 0.0496 e. The third-order valence-electron chi connectivity index (χ3n) is 2.58. The fourth-order valence-electron chi connectivity index (χ4n) is 1.74. The summed E-state index contributed by atoms with van der Waals surface area (Å²) in [6, 6.07) is 12.0. The van der Waals surface area contributed by atoms with Crippen LogP contribution < -0.4 is 5.32 Å². The molecule has 0 unspecified atom stereocenters. The molecule has 2 rings (SSSR count). The van der Waals surface area contributed by atoms with Gasteiger partial charge in [-0.15, -0.1) is 0 Å². The number of rotatable bonds is 2. The summed E-state index contributed by atoms with van der Waals surface area (Å²) < 4.78 is 0. The molecule has 0 radical (unpaired) electrons. The average Bonchev–Trinajstić information content (AvgIpc) is 2.35. The molecule has 0 spiro atoms. The molecular weight excluding hydrogens is 230 g/mol. The summed E-state index contributed by atoms with van der Waals surface area (Å²) in [6.45, 7) is 0.908. The fourth-order valence-corrected chi connectivity index (χ4v) is 2.03. The van der Waals surface area contributed by atoms with Gasteiger partial charge >= 0.3 is 0 Å². The molecule has 0 saturated carbocycles. The van der Waals surface area contributed by atoms with E-state index in [0.717, 1.165) is 34.3 Å². The molecule has 0 atom stereocenters. The van der Waals surface area contributed by atoms with Crippen LogP contribution in [-0.4, -0.2) is 13.6 Å². The van der Waals surface area contributed by atoms with E-state index in [0.29, 0.717) is 0 Å². The van der Waals surface area contributed by atoms with Gasteiger partial charge in [-0.25, -0.2) is 0 Å². The Morgan fingerprint density at radius 1 is 1.18 bits per heavy atom. The van der Waals surface area contributed by atoms with Crippen molar-refractivity contribution >= 4 is 22.4 Å². The molecule has 0 aliphatic carbocycles. The Hall–Kier alpha value is -1.49. The minimum Gasteiger partial charge on any atom is -0.319 e. The van der Waals surface area contributed by atoms with Crippen LogP contribution in [0, 0.1) is 11.8 Å². The van der Waals surface area contributed by atoms with Crippen LogP contribution >= 0.6 is 11.6 Å². The average molecular weight is 244 g/mol. The van der Waals surface area contributed by atoms with Gasteiger partial charge in [-0.3, -0.25) is 0 Å². The lowest BCUT2D eigenvalue weighted by molar-refractivity contribution is 0.818. The Bertz CT molecular complexity index is 573. The second-order valence-electron chi connectivity index (χ2n) is 3.80. The lowest BCUT2D eigenvalue weighted by Gasteiger charge is -2.02. The normalized spacial score (nSPS) is 10.0. The third-order valence-corrected chi connectivity index (χ3v) is 2.89. The topological polar surface area (TPSA) is 12.0 Å². The van der Waals surface area contributed by atoms with Crippen molar-refractivity contribution in [3.05, 3.63) is 47.0 Å². The van der Waals surface area contributed by atoms with Crippen LogP contribution in [0.3, 0.4) is 0 Å². The summed E-state index contributed by atoms with van der Waals surface area (Å²) in [5.74, 6) is 6.34. The summed E-state index contributed by atoms with van der Waals surface area (Å²) in [5, 5.41) is 6.03. The van der Waals surface area contributed by atoms with Crippen molar-refractivity contribution in [1.82, 2.24) is 5.32 Å². The van der Waals surface area contributed by atoms with Crippen molar-refractivity contribution in [2.45, 2.75) is 6.42 Å². The Labute approximate surface area is 107 Å². The van der Waals surface area contributed by atoms with Crippen molar-refractivity contribution in [2.24, 2.45) is 0 Å². The number of hydrogen-bond donors (Lipinski definition) is 1. The number of benzene rings is 2. The second-order valence-corrected chi connectivity index (χ2v) is 4.21. The monoisotopic (exact) mass is 243 g/mol. The van der Waals surface area contributed by atoms with Crippen LogP contribution in [0.15, 0.2) is 36.4 Å². The van der Waals surface area contributed by atoms with Gasteiger partial charge in [0.1, 0.15) is 0 Å². The lowest BCUT2D eigenvalue weighted by Crippen LogP contribution is -2.05. The highest BCUT2D eigenvalue weighted by atomic mass is 35.5. The van der Waals surface area contributed by atoms with Gasteiger partial charge in [0.05, 0.1) is 0 Å². The number of hydrogen-bond acceptors (Lipinski definition) is 1. The van der Waals surface area contributed by atoms with E-state index >= 15 is 0 Å². The third kappa shape index (κ3) is 2.79. The van der Waals surface area contributed by atoms with Gasteiger partial charge in [0.25, 0.3) is 0 Å². The molecule has 0 heterocycles. The molecule has 17 heavy (non-hydrogen) atoms. The number of nitrogens with one attached hydrogen (secondary N) is 1. The zero-order chi connectivity index (χ0) is 12.1. The van der Waals surface area contributed by atoms with Crippen molar-refractivity contribution in [1.29, 1.82) is 0 Å². The molecule has 0 amide bonds. The summed E-state index contributed by atoms with van der Waals surface area (Å²) in [7, 11) is 1.93. The van der Waals surface area contributed by atoms with E-state index in [-0.39, 0.29) is 0 Å². The molecule has 2 aromatic carbocycles. The molecule has 0 fully saturated rings. The Balaban J connectivity index is 2.42. The highest BCUT2D eigenvalue weighted by molar-refractivity contribution is 6.36. The predicted molar refractivity (Wildman–Crippen MR) is 74.4 cm³/mol. The minimum atomic E-state index is 0.765. The van der Waals surface area contributed by atoms with Crippen molar-refractivity contribution in [3.8, 4) is 11.8 Å². The van der Waals surface area contributed by atoms with E-state index in [1.165, 1.54) is 0 Å². The molecule has 0 saturated heterocycles. The first-order valence-corrected chi connectivity index (χ1v) is 6.01. The van der Waals surface area contributed by atoms with E-state index in [1.807, 2.05) is 31.3 Å². The van der Waals surface area contributed by atoms with Gasteiger partial charge in [-0.05, 0) is 24.6 Å². The molecule has 2 aromatic rings. The van der Waals surface area contributed by atoms with Gasteiger partial charge < -0.3 is 5.32 Å². The molecule has 0 aliphatic rings. The summed E-state index contributed by atoms with van der Waals surface area (Å²) in [5.41, 5.74) is 1.00. The van der Waals surface area contributed by atoms with E-state index in [1.54, 1.807) is 0 Å². The maximum absolute atomic E-state index is 6.22. The molecule has 0 bridgehead atoms. The van der Waals surface area contributed by atoms with Crippen LogP contribution in [-0.2, 0) is 0 Å². The van der Waals surface area contributed by atoms with Gasteiger partial charge in [-0.1, -0.05) is 47.7 Å². The number of halogens is 1. The summed E-state index contributed by atoms with van der Waals surface area (Å²) in [4.78, 5) is 0. The highest BCUT2D eigenvalue weighted by Crippen LogP contribution is 2.26. The molecular formula is C15H14ClN. The van der Waals surface area contributed by atoms with Gasteiger partial charge in [0.15, 0.2) is 0 Å². The number of fused-ring (bicyclic) bond motifs is 1. The molecule has 1 N–H and O–H groups in total. The van der Waals surface area contributed by atoms with Gasteiger partial charge in [0, 0.05) is 28.9 Å². The standard InChI is InChI=1S/C15H14ClN/c1-17-11-3-2-6-12-7-4-8-13-9-5-10-14(16)15(12)13/h4-5,7-10,17H,3,11H2,1H3. The first kappa shape index (κ1) is 12.0. The van der Waals surface area contributed by atoms with Crippen molar-refractivity contribution < 1.29 is 0 Å². The van der Waals surface area contributed by atoms with E-state index in [2.05, 4.69) is 29.3 Å². The molecule has 0 aromatic heterocycles. The fraction of sp³-hybridized carbons (Fsp3) is 0.200. The largest absolute Gasteiger partial charge is 0.319 e. The second kappa shape index (κ2) is 5.72. The highest BCUT2D eigenvalue weighted by Gasteiger charge is 2.01. The SMILES string of the molecule is CNCCC#Cc1cccc2cccc(Cl)c12. The van der Waals surface area contributed by atoms with Crippen LogP contribution in [0.4, 0.5) is 0 Å². The zero-order valence-electron chi connectivity index (χ0n) is 9.76. The van der Waals surface area contributed by atoms with Crippen molar-refractivity contribution in [2.75, 3.05) is 13.6 Å². The minimum absolute atomic E-state index is 0.765. The molecule has 1 nitrogen and oxygen atoms in total. The Morgan fingerprint density at radius 3 is 2.71 bits per heavy atom. The van der Waals surface area contributed by atoms with E-state index in [9.17, 15) is 0 Å². The summed E-state index contributed by atoms with van der Waals surface area (Å²) in [6.07, 6.45) is 0.845. The van der Waals surface area contributed by atoms with Crippen LogP contribution in [0.1, 0.15) is 12.0 Å². The zero-order valence-corrected chi connectivity index (χ0v) is 10.5. The maximum Gasteiger partial charge on any atom is 0.0496 e. The lowest BCUT2D eigenvalue weighted by atomic mass is 10.0.